The number of nitriles is 1. The normalized spacial score (nSPS) is 13.5. The SMILES string of the molecule is N#Cc1cccc(NC(=O)c2cnn3c2C(=O)N(c2ccc(C(F)(F)c4cc(C(F)(F)F)ccn4)cc2)CC3)c1. The number of nitrogens with zero attached hydrogens (tertiary/aromatic N) is 5. The number of halogens is 5. The van der Waals surface area contributed by atoms with E-state index in [0.717, 1.165) is 12.1 Å². The fourth-order valence-corrected chi connectivity index (χ4v) is 4.26. The molecule has 40 heavy (non-hydrogen) atoms. The van der Waals surface area contributed by atoms with E-state index in [4.69, 9.17) is 5.26 Å². The largest absolute Gasteiger partial charge is 0.416 e. The van der Waals surface area contributed by atoms with E-state index in [1.165, 1.54) is 34.0 Å². The molecule has 3 heterocycles. The number of carbonyl (C=O) groups excluding carboxylic acids is 2. The topological polar surface area (TPSA) is 104 Å². The summed E-state index contributed by atoms with van der Waals surface area (Å²) in [6, 6.07) is 13.6. The predicted octanol–water partition coefficient (Wildman–Crippen LogP) is 5.22. The molecule has 1 N–H and O–H groups in total. The Balaban J connectivity index is 1.38. The van der Waals surface area contributed by atoms with E-state index in [1.54, 1.807) is 18.2 Å². The maximum absolute atomic E-state index is 15.0. The third-order valence-corrected chi connectivity index (χ3v) is 6.27. The van der Waals surface area contributed by atoms with Crippen molar-refractivity contribution in [3.63, 3.8) is 0 Å². The molecule has 0 fully saturated rings. The lowest BCUT2D eigenvalue weighted by Gasteiger charge is -2.28. The molecule has 8 nitrogen and oxygen atoms in total. The zero-order valence-corrected chi connectivity index (χ0v) is 20.3. The Morgan fingerprint density at radius 1 is 0.975 bits per heavy atom. The quantitative estimate of drug-likeness (QED) is 0.342. The number of carbonyl (C=O) groups is 2. The van der Waals surface area contributed by atoms with E-state index < -0.39 is 40.7 Å². The average Bonchev–Trinajstić information content (AvgIpc) is 3.38. The van der Waals surface area contributed by atoms with E-state index in [9.17, 15) is 22.8 Å². The monoisotopic (exact) mass is 552 g/mol. The van der Waals surface area contributed by atoms with Gasteiger partial charge in [-0.1, -0.05) is 18.2 Å². The Morgan fingerprint density at radius 2 is 1.73 bits per heavy atom. The van der Waals surface area contributed by atoms with Crippen molar-refractivity contribution in [3.05, 3.63) is 107 Å². The summed E-state index contributed by atoms with van der Waals surface area (Å²) in [6.45, 7) is 0.341. The molecular formula is C27H17F5N6O2. The van der Waals surface area contributed by atoms with Gasteiger partial charge in [0, 0.05) is 29.7 Å². The minimum absolute atomic E-state index is 0.0113. The second-order valence-corrected chi connectivity index (χ2v) is 8.78. The maximum atomic E-state index is 15.0. The first-order valence-corrected chi connectivity index (χ1v) is 11.7. The van der Waals surface area contributed by atoms with Crippen LogP contribution in [0.5, 0.6) is 0 Å². The standard InChI is InChI=1S/C27H17F5N6O2/c28-26(29,22-13-18(8-9-34-22)27(30,31)32)17-4-6-20(7-5-17)37-10-11-38-23(25(37)40)21(15-35-38)24(39)36-19-3-1-2-16(12-19)14-33/h1-9,12-13,15H,10-11H2,(H,36,39). The molecule has 1 aliphatic rings. The van der Waals surface area contributed by atoms with Crippen LogP contribution in [0.25, 0.3) is 0 Å². The van der Waals surface area contributed by atoms with Crippen LogP contribution in [0.4, 0.5) is 33.3 Å². The molecule has 2 aromatic carbocycles. The Kier molecular flexibility index (Phi) is 6.54. The van der Waals surface area contributed by atoms with Crippen LogP contribution in [-0.2, 0) is 18.6 Å². The van der Waals surface area contributed by atoms with Gasteiger partial charge in [0.15, 0.2) is 0 Å². The minimum atomic E-state index is -4.81. The number of aromatic nitrogens is 3. The van der Waals surface area contributed by atoms with Crippen LogP contribution in [0.15, 0.2) is 73.1 Å². The number of alkyl halides is 5. The molecule has 0 atom stereocenters. The molecule has 0 unspecified atom stereocenters. The number of hydrogen-bond acceptors (Lipinski definition) is 5. The number of fused-ring (bicyclic) bond motifs is 1. The van der Waals surface area contributed by atoms with Gasteiger partial charge in [-0.25, -0.2) is 0 Å². The first-order chi connectivity index (χ1) is 19.0. The summed E-state index contributed by atoms with van der Waals surface area (Å²) in [7, 11) is 0. The molecule has 0 saturated carbocycles. The first-order valence-electron chi connectivity index (χ1n) is 11.7. The number of hydrogen-bond donors (Lipinski definition) is 1. The molecule has 0 bridgehead atoms. The molecular weight excluding hydrogens is 535 g/mol. The summed E-state index contributed by atoms with van der Waals surface area (Å²) in [5.74, 6) is -5.06. The zero-order valence-electron chi connectivity index (χ0n) is 20.3. The van der Waals surface area contributed by atoms with Gasteiger partial charge in [-0.3, -0.25) is 19.3 Å². The fourth-order valence-electron chi connectivity index (χ4n) is 4.26. The fraction of sp³-hybridized carbons (Fsp3) is 0.148. The molecule has 5 rings (SSSR count). The molecule has 4 aromatic rings. The molecule has 0 aliphatic carbocycles. The molecule has 0 spiro atoms. The number of rotatable bonds is 5. The number of pyridine rings is 1. The van der Waals surface area contributed by atoms with Crippen molar-refractivity contribution in [2.75, 3.05) is 16.8 Å². The van der Waals surface area contributed by atoms with Gasteiger partial charge in [0.05, 0.1) is 35.5 Å². The van der Waals surface area contributed by atoms with Gasteiger partial charge >= 0.3 is 12.1 Å². The minimum Gasteiger partial charge on any atom is -0.322 e. The second kappa shape index (κ2) is 9.88. The highest BCUT2D eigenvalue weighted by molar-refractivity contribution is 6.15. The van der Waals surface area contributed by atoms with E-state index in [2.05, 4.69) is 15.4 Å². The summed E-state index contributed by atoms with van der Waals surface area (Å²) in [6.07, 6.45) is -2.90. The van der Waals surface area contributed by atoms with Gasteiger partial charge in [0.2, 0.25) is 0 Å². The molecule has 2 aromatic heterocycles. The highest BCUT2D eigenvalue weighted by Crippen LogP contribution is 2.38. The van der Waals surface area contributed by atoms with Crippen LogP contribution < -0.4 is 10.2 Å². The Labute approximate surface area is 223 Å². The summed E-state index contributed by atoms with van der Waals surface area (Å²) in [5.41, 5.74) is -2.05. The Morgan fingerprint density at radius 3 is 2.42 bits per heavy atom. The lowest BCUT2D eigenvalue weighted by atomic mass is 10.0. The van der Waals surface area contributed by atoms with Crippen LogP contribution >= 0.6 is 0 Å². The molecule has 0 radical (unpaired) electrons. The summed E-state index contributed by atoms with van der Waals surface area (Å²) >= 11 is 0. The van der Waals surface area contributed by atoms with Crippen molar-refractivity contribution in [1.29, 1.82) is 5.26 Å². The molecule has 2 amide bonds. The summed E-state index contributed by atoms with van der Waals surface area (Å²) in [5, 5.41) is 15.8. The molecule has 202 valence electrons. The van der Waals surface area contributed by atoms with Crippen LogP contribution in [0.2, 0.25) is 0 Å². The zero-order chi connectivity index (χ0) is 28.7. The van der Waals surface area contributed by atoms with Crippen LogP contribution in [-0.4, -0.2) is 33.1 Å². The smallest absolute Gasteiger partial charge is 0.322 e. The van der Waals surface area contributed by atoms with Crippen LogP contribution in [0.3, 0.4) is 0 Å². The van der Waals surface area contributed by atoms with E-state index in [1.807, 2.05) is 6.07 Å². The van der Waals surface area contributed by atoms with Gasteiger partial charge in [-0.15, -0.1) is 0 Å². The lowest BCUT2D eigenvalue weighted by molar-refractivity contribution is -0.137. The van der Waals surface area contributed by atoms with Crippen molar-refractivity contribution in [1.82, 2.24) is 14.8 Å². The number of anilines is 2. The second-order valence-electron chi connectivity index (χ2n) is 8.78. The Bertz CT molecular complexity index is 1660. The van der Waals surface area contributed by atoms with Crippen molar-refractivity contribution in [3.8, 4) is 6.07 Å². The number of benzene rings is 2. The molecule has 0 saturated heterocycles. The van der Waals surface area contributed by atoms with Crippen molar-refractivity contribution in [2.24, 2.45) is 0 Å². The van der Waals surface area contributed by atoms with E-state index in [-0.39, 0.29) is 30.0 Å². The van der Waals surface area contributed by atoms with Crippen molar-refractivity contribution >= 4 is 23.2 Å². The van der Waals surface area contributed by atoms with Gasteiger partial charge < -0.3 is 10.2 Å². The van der Waals surface area contributed by atoms with Gasteiger partial charge in [0.1, 0.15) is 11.4 Å². The highest BCUT2D eigenvalue weighted by Gasteiger charge is 2.39. The predicted molar refractivity (Wildman–Crippen MR) is 132 cm³/mol. The van der Waals surface area contributed by atoms with Gasteiger partial charge in [-0.05, 0) is 42.5 Å². The maximum Gasteiger partial charge on any atom is 0.416 e. The number of nitrogens with one attached hydrogen (secondary N) is 1. The first kappa shape index (κ1) is 26.5. The van der Waals surface area contributed by atoms with Gasteiger partial charge in [-0.2, -0.15) is 32.3 Å². The lowest BCUT2D eigenvalue weighted by Crippen LogP contribution is -2.41. The third kappa shape index (κ3) is 4.86. The van der Waals surface area contributed by atoms with Crippen molar-refractivity contribution < 1.29 is 31.5 Å². The average molecular weight is 552 g/mol. The number of amides is 2. The van der Waals surface area contributed by atoms with Crippen molar-refractivity contribution in [2.45, 2.75) is 18.6 Å². The van der Waals surface area contributed by atoms with Gasteiger partial charge in [0.25, 0.3) is 11.8 Å². The van der Waals surface area contributed by atoms with Crippen LogP contribution in [0.1, 0.15) is 43.2 Å². The molecule has 1 aliphatic heterocycles. The van der Waals surface area contributed by atoms with E-state index in [0.29, 0.717) is 29.6 Å². The third-order valence-electron chi connectivity index (χ3n) is 6.27. The summed E-state index contributed by atoms with van der Waals surface area (Å²) < 4.78 is 70.5. The summed E-state index contributed by atoms with van der Waals surface area (Å²) in [4.78, 5) is 31.0. The highest BCUT2D eigenvalue weighted by atomic mass is 19.4. The van der Waals surface area contributed by atoms with E-state index >= 15 is 8.78 Å². The Hall–Kier alpha value is -5.12. The molecule has 13 heteroatoms. The van der Waals surface area contributed by atoms with Crippen LogP contribution in [0, 0.1) is 11.3 Å².